The van der Waals surface area contributed by atoms with Gasteiger partial charge in [0.2, 0.25) is 0 Å². The minimum atomic E-state index is -0.432. The summed E-state index contributed by atoms with van der Waals surface area (Å²) in [5.74, 6) is 1.90. The van der Waals surface area contributed by atoms with Crippen LogP contribution >= 0.6 is 23.1 Å². The van der Waals surface area contributed by atoms with Crippen molar-refractivity contribution in [3.05, 3.63) is 10.9 Å². The third kappa shape index (κ3) is 2.44. The molecular formula is C10H15N3OS2. The number of primary amides is 1. The summed E-state index contributed by atoms with van der Waals surface area (Å²) in [6.45, 7) is 2.05. The molecule has 0 atom stereocenters. The number of nitrogens with zero attached hydrogens (tertiary/aromatic N) is 1. The van der Waals surface area contributed by atoms with E-state index in [2.05, 4.69) is 4.90 Å². The molecule has 2 heterocycles. The molecule has 1 fully saturated rings. The second-order valence-electron chi connectivity index (χ2n) is 3.69. The molecule has 1 amide bonds. The second-order valence-corrected chi connectivity index (χ2v) is 5.94. The van der Waals surface area contributed by atoms with Crippen LogP contribution in [-0.4, -0.2) is 30.5 Å². The third-order valence-corrected chi connectivity index (χ3v) is 4.78. The fraction of sp³-hybridized carbons (Fsp3) is 0.500. The lowest BCUT2D eigenvalue weighted by Gasteiger charge is -2.19. The largest absolute Gasteiger partial charge is 0.397 e. The van der Waals surface area contributed by atoms with E-state index in [0.29, 0.717) is 10.6 Å². The minimum Gasteiger partial charge on any atom is -0.397 e. The Morgan fingerprint density at radius 1 is 1.38 bits per heavy atom. The molecule has 2 rings (SSSR count). The molecule has 0 aliphatic carbocycles. The van der Waals surface area contributed by atoms with Gasteiger partial charge in [0.05, 0.1) is 10.7 Å². The van der Waals surface area contributed by atoms with Crippen LogP contribution in [0.1, 0.15) is 16.1 Å². The van der Waals surface area contributed by atoms with Crippen LogP contribution in [-0.2, 0) is 0 Å². The first-order chi connectivity index (χ1) is 7.68. The van der Waals surface area contributed by atoms with Crippen LogP contribution in [0.15, 0.2) is 6.07 Å². The van der Waals surface area contributed by atoms with E-state index in [1.165, 1.54) is 23.5 Å². The fourth-order valence-electron chi connectivity index (χ4n) is 1.71. The minimum absolute atomic E-state index is 0.432. The molecule has 88 valence electrons. The lowest BCUT2D eigenvalue weighted by atomic mass is 10.3. The smallest absolute Gasteiger partial charge is 0.260 e. The van der Waals surface area contributed by atoms with E-state index in [1.807, 2.05) is 17.8 Å². The van der Waals surface area contributed by atoms with Crippen LogP contribution in [0.3, 0.4) is 0 Å². The van der Waals surface area contributed by atoms with Gasteiger partial charge in [0.15, 0.2) is 0 Å². The van der Waals surface area contributed by atoms with Crippen LogP contribution in [0, 0.1) is 0 Å². The zero-order valence-electron chi connectivity index (χ0n) is 8.94. The number of nitrogens with two attached hydrogens (primary N) is 2. The van der Waals surface area contributed by atoms with Crippen molar-refractivity contribution >= 4 is 39.7 Å². The van der Waals surface area contributed by atoms with E-state index in [9.17, 15) is 4.79 Å². The second kappa shape index (κ2) is 4.97. The number of rotatable bonds is 2. The van der Waals surface area contributed by atoms with Crippen molar-refractivity contribution in [2.75, 3.05) is 35.2 Å². The summed E-state index contributed by atoms with van der Waals surface area (Å²) in [6, 6.07) is 1.86. The molecule has 6 heteroatoms. The van der Waals surface area contributed by atoms with Crippen molar-refractivity contribution in [3.8, 4) is 0 Å². The molecule has 4 N–H and O–H groups in total. The number of carbonyl (C=O) groups is 1. The molecule has 1 aromatic heterocycles. The van der Waals surface area contributed by atoms with Gasteiger partial charge in [0, 0.05) is 18.8 Å². The molecule has 0 saturated carbocycles. The van der Waals surface area contributed by atoms with Crippen LogP contribution in [0.2, 0.25) is 0 Å². The number of hydrogen-bond donors (Lipinski definition) is 2. The van der Waals surface area contributed by atoms with E-state index in [-0.39, 0.29) is 0 Å². The molecule has 1 aliphatic rings. The first-order valence-electron chi connectivity index (χ1n) is 5.20. The van der Waals surface area contributed by atoms with Crippen molar-refractivity contribution in [2.24, 2.45) is 5.73 Å². The maximum atomic E-state index is 11.1. The SMILES string of the molecule is NC(=O)c1sc(N2CCCSCC2)cc1N. The molecule has 4 nitrogen and oxygen atoms in total. The molecule has 0 bridgehead atoms. The van der Waals surface area contributed by atoms with Crippen molar-refractivity contribution < 1.29 is 4.79 Å². The van der Waals surface area contributed by atoms with Crippen molar-refractivity contribution in [2.45, 2.75) is 6.42 Å². The molecule has 1 aromatic rings. The number of thioether (sulfide) groups is 1. The van der Waals surface area contributed by atoms with E-state index < -0.39 is 5.91 Å². The van der Waals surface area contributed by atoms with E-state index in [0.717, 1.165) is 23.8 Å². The number of hydrogen-bond acceptors (Lipinski definition) is 5. The van der Waals surface area contributed by atoms with Crippen LogP contribution in [0.4, 0.5) is 10.7 Å². The quantitative estimate of drug-likeness (QED) is 0.839. The summed E-state index contributed by atoms with van der Waals surface area (Å²) < 4.78 is 0. The Bertz CT molecular complexity index is 383. The molecule has 0 unspecified atom stereocenters. The summed E-state index contributed by atoms with van der Waals surface area (Å²) >= 11 is 3.37. The van der Waals surface area contributed by atoms with Crippen LogP contribution in [0.25, 0.3) is 0 Å². The normalized spacial score (nSPS) is 17.1. The van der Waals surface area contributed by atoms with Crippen molar-refractivity contribution in [1.82, 2.24) is 0 Å². The van der Waals surface area contributed by atoms with Gasteiger partial charge in [-0.1, -0.05) is 0 Å². The van der Waals surface area contributed by atoms with E-state index in [4.69, 9.17) is 11.5 Å². The highest BCUT2D eigenvalue weighted by Crippen LogP contribution is 2.32. The Hall–Kier alpha value is -0.880. The first-order valence-corrected chi connectivity index (χ1v) is 7.17. The lowest BCUT2D eigenvalue weighted by molar-refractivity contribution is 0.100. The summed E-state index contributed by atoms with van der Waals surface area (Å²) in [6.07, 6.45) is 1.17. The number of anilines is 2. The number of amides is 1. The standard InChI is InChI=1S/C10H15N3OS2/c11-7-6-8(16-9(7)10(12)14)13-2-1-4-15-5-3-13/h6H,1-5,11H2,(H2,12,14). The molecule has 0 aromatic carbocycles. The van der Waals surface area contributed by atoms with Gasteiger partial charge in [-0.05, 0) is 18.2 Å². The first kappa shape index (κ1) is 11.6. The Labute approximate surface area is 103 Å². The average Bonchev–Trinajstić information content (AvgIpc) is 2.50. The van der Waals surface area contributed by atoms with Crippen LogP contribution < -0.4 is 16.4 Å². The lowest BCUT2D eigenvalue weighted by Crippen LogP contribution is -2.24. The zero-order chi connectivity index (χ0) is 11.5. The molecule has 1 saturated heterocycles. The molecular weight excluding hydrogens is 242 g/mol. The summed E-state index contributed by atoms with van der Waals surface area (Å²) in [5, 5.41) is 1.06. The van der Waals surface area contributed by atoms with Gasteiger partial charge in [0.1, 0.15) is 4.88 Å². The van der Waals surface area contributed by atoms with E-state index >= 15 is 0 Å². The Morgan fingerprint density at radius 3 is 2.88 bits per heavy atom. The predicted molar refractivity (Wildman–Crippen MR) is 71.4 cm³/mol. The molecule has 0 radical (unpaired) electrons. The van der Waals surface area contributed by atoms with Crippen molar-refractivity contribution in [3.63, 3.8) is 0 Å². The summed E-state index contributed by atoms with van der Waals surface area (Å²) in [4.78, 5) is 13.9. The zero-order valence-corrected chi connectivity index (χ0v) is 10.6. The Kier molecular flexibility index (Phi) is 3.60. The average molecular weight is 257 g/mol. The highest BCUT2D eigenvalue weighted by Gasteiger charge is 2.16. The monoisotopic (exact) mass is 257 g/mol. The highest BCUT2D eigenvalue weighted by molar-refractivity contribution is 7.99. The predicted octanol–water partition coefficient (Wildman–Crippen LogP) is 1.37. The van der Waals surface area contributed by atoms with Gasteiger partial charge in [-0.15, -0.1) is 11.3 Å². The molecule has 16 heavy (non-hydrogen) atoms. The Balaban J connectivity index is 2.19. The van der Waals surface area contributed by atoms with Gasteiger partial charge in [-0.3, -0.25) is 4.79 Å². The van der Waals surface area contributed by atoms with E-state index in [1.54, 1.807) is 0 Å². The van der Waals surface area contributed by atoms with Gasteiger partial charge in [-0.2, -0.15) is 11.8 Å². The third-order valence-electron chi connectivity index (χ3n) is 2.51. The number of carbonyl (C=O) groups excluding carboxylic acids is 1. The maximum Gasteiger partial charge on any atom is 0.260 e. The number of thiophene rings is 1. The van der Waals surface area contributed by atoms with Gasteiger partial charge >= 0.3 is 0 Å². The van der Waals surface area contributed by atoms with Crippen LogP contribution in [0.5, 0.6) is 0 Å². The maximum absolute atomic E-state index is 11.1. The fourth-order valence-corrected chi connectivity index (χ4v) is 3.58. The molecule has 1 aliphatic heterocycles. The Morgan fingerprint density at radius 2 is 2.19 bits per heavy atom. The summed E-state index contributed by atoms with van der Waals surface area (Å²) in [5.41, 5.74) is 11.5. The topological polar surface area (TPSA) is 72.4 Å². The summed E-state index contributed by atoms with van der Waals surface area (Å²) in [7, 11) is 0. The van der Waals surface area contributed by atoms with Crippen molar-refractivity contribution in [1.29, 1.82) is 0 Å². The van der Waals surface area contributed by atoms with Gasteiger partial charge in [0.25, 0.3) is 5.91 Å². The van der Waals surface area contributed by atoms with Gasteiger partial charge in [-0.25, -0.2) is 0 Å². The van der Waals surface area contributed by atoms with Gasteiger partial charge < -0.3 is 16.4 Å². The molecule has 0 spiro atoms. The number of nitrogen functional groups attached to an aromatic ring is 1. The highest BCUT2D eigenvalue weighted by atomic mass is 32.2.